The second-order valence-corrected chi connectivity index (χ2v) is 6.26. The highest BCUT2D eigenvalue weighted by atomic mass is 32.2. The third-order valence-corrected chi connectivity index (χ3v) is 4.58. The third-order valence-electron chi connectivity index (χ3n) is 3.55. The van der Waals surface area contributed by atoms with E-state index < -0.39 is 5.43 Å². The smallest absolute Gasteiger partial charge is 0.226 e. The molecule has 0 aliphatic carbocycles. The Hall–Kier alpha value is -1.66. The van der Waals surface area contributed by atoms with Crippen molar-refractivity contribution in [2.24, 2.45) is 0 Å². The van der Waals surface area contributed by atoms with Crippen molar-refractivity contribution >= 4 is 11.8 Å². The highest BCUT2D eigenvalue weighted by molar-refractivity contribution is 7.99. The Labute approximate surface area is 126 Å². The van der Waals surface area contributed by atoms with E-state index in [1.54, 1.807) is 0 Å². The van der Waals surface area contributed by atoms with E-state index >= 15 is 0 Å². The van der Waals surface area contributed by atoms with Gasteiger partial charge in [-0.05, 0) is 19.1 Å². The number of furan rings is 1. The van der Waals surface area contributed by atoms with Crippen LogP contribution in [0.1, 0.15) is 23.3 Å². The molecular weight excluding hydrogens is 290 g/mol. The van der Waals surface area contributed by atoms with Gasteiger partial charge in [-0.1, -0.05) is 0 Å². The van der Waals surface area contributed by atoms with Crippen molar-refractivity contribution in [3.8, 4) is 5.75 Å². The zero-order chi connectivity index (χ0) is 14.8. The van der Waals surface area contributed by atoms with Crippen molar-refractivity contribution in [1.82, 2.24) is 4.90 Å². The fraction of sp³-hybridized carbons (Fsp3) is 0.400. The number of hydrogen-bond donors (Lipinski definition) is 1. The Kier molecular flexibility index (Phi) is 4.07. The molecule has 2 aromatic heterocycles. The average Bonchev–Trinajstić information content (AvgIpc) is 2.90. The van der Waals surface area contributed by atoms with Crippen molar-refractivity contribution < 1.29 is 13.9 Å². The minimum atomic E-state index is -0.409. The first kappa shape index (κ1) is 14.3. The van der Waals surface area contributed by atoms with Crippen LogP contribution < -0.4 is 5.43 Å². The number of nitrogens with zero attached hydrogens (tertiary/aromatic N) is 1. The molecule has 6 heteroatoms. The first-order valence-corrected chi connectivity index (χ1v) is 7.98. The lowest BCUT2D eigenvalue weighted by atomic mass is 10.2. The maximum absolute atomic E-state index is 11.5. The van der Waals surface area contributed by atoms with Crippen molar-refractivity contribution in [2.75, 3.05) is 18.1 Å². The Balaban J connectivity index is 1.81. The topological polar surface area (TPSA) is 66.8 Å². The molecule has 21 heavy (non-hydrogen) atoms. The van der Waals surface area contributed by atoms with Crippen LogP contribution in [0.25, 0.3) is 0 Å². The summed E-state index contributed by atoms with van der Waals surface area (Å²) in [6.07, 6.45) is 1.10. The quantitative estimate of drug-likeness (QED) is 0.940. The lowest BCUT2D eigenvalue weighted by molar-refractivity contribution is 0.172. The summed E-state index contributed by atoms with van der Waals surface area (Å²) in [5, 5.41) is 9.24. The number of aromatic hydroxyl groups is 1. The van der Waals surface area contributed by atoms with E-state index in [1.807, 2.05) is 30.8 Å². The van der Waals surface area contributed by atoms with Gasteiger partial charge in [0.1, 0.15) is 23.5 Å². The van der Waals surface area contributed by atoms with Crippen LogP contribution >= 0.6 is 11.8 Å². The molecule has 1 aliphatic heterocycles. The van der Waals surface area contributed by atoms with Crippen molar-refractivity contribution in [3.63, 3.8) is 0 Å². The maximum Gasteiger partial charge on any atom is 0.226 e. The first-order valence-electron chi connectivity index (χ1n) is 6.82. The van der Waals surface area contributed by atoms with Gasteiger partial charge in [-0.3, -0.25) is 9.69 Å². The molecule has 0 saturated carbocycles. The molecule has 3 heterocycles. The van der Waals surface area contributed by atoms with Gasteiger partial charge >= 0.3 is 0 Å². The van der Waals surface area contributed by atoms with E-state index in [0.29, 0.717) is 12.3 Å². The summed E-state index contributed by atoms with van der Waals surface area (Å²) in [7, 11) is 0. The van der Waals surface area contributed by atoms with E-state index in [2.05, 4.69) is 4.90 Å². The van der Waals surface area contributed by atoms with Gasteiger partial charge in [0, 0.05) is 24.1 Å². The molecule has 1 atom stereocenters. The zero-order valence-corrected chi connectivity index (χ0v) is 12.6. The minimum Gasteiger partial charge on any atom is -0.502 e. The average molecular weight is 307 g/mol. The summed E-state index contributed by atoms with van der Waals surface area (Å²) in [6.45, 7) is 3.36. The molecule has 1 fully saturated rings. The van der Waals surface area contributed by atoms with Crippen LogP contribution in [0.4, 0.5) is 0 Å². The Morgan fingerprint density at radius 1 is 1.48 bits per heavy atom. The fourth-order valence-electron chi connectivity index (χ4n) is 2.45. The molecule has 0 radical (unpaired) electrons. The summed E-state index contributed by atoms with van der Waals surface area (Å²) in [4.78, 5) is 13.7. The Bertz CT molecular complexity index is 678. The van der Waals surface area contributed by atoms with E-state index in [0.717, 1.165) is 35.8 Å². The first-order chi connectivity index (χ1) is 10.1. The third kappa shape index (κ3) is 3.16. The molecule has 0 spiro atoms. The van der Waals surface area contributed by atoms with E-state index in [-0.39, 0.29) is 11.8 Å². The zero-order valence-electron chi connectivity index (χ0n) is 11.7. The van der Waals surface area contributed by atoms with E-state index in [1.165, 1.54) is 6.07 Å². The van der Waals surface area contributed by atoms with Crippen LogP contribution in [0, 0.1) is 6.92 Å². The Morgan fingerprint density at radius 2 is 2.33 bits per heavy atom. The lowest BCUT2D eigenvalue weighted by Gasteiger charge is -2.33. The number of rotatable bonds is 3. The summed E-state index contributed by atoms with van der Waals surface area (Å²) in [5.41, 5.74) is -0.409. The predicted octanol–water partition coefficient (Wildman–Crippen LogP) is 2.54. The lowest BCUT2D eigenvalue weighted by Crippen LogP contribution is -2.35. The van der Waals surface area contributed by atoms with E-state index in [9.17, 15) is 9.90 Å². The van der Waals surface area contributed by atoms with Crippen molar-refractivity contribution in [1.29, 1.82) is 0 Å². The normalized spacial score (nSPS) is 19.8. The molecule has 3 rings (SSSR count). The molecule has 1 aliphatic rings. The fourth-order valence-corrected chi connectivity index (χ4v) is 3.58. The molecular formula is C15H17NO4S. The highest BCUT2D eigenvalue weighted by Crippen LogP contribution is 2.31. The standard InChI is InChI=1S/C15H17NO4S/c1-10-2-3-15(20-10)12-9-21-5-4-16(12)7-11-6-13(17)14(18)8-19-11/h2-3,6,8,12,18H,4-5,7,9H2,1H3/t12-/m0/s1. The maximum atomic E-state index is 11.5. The number of thioether (sulfide) groups is 1. The van der Waals surface area contributed by atoms with Gasteiger partial charge < -0.3 is 13.9 Å². The number of hydrogen-bond acceptors (Lipinski definition) is 6. The van der Waals surface area contributed by atoms with Crippen LogP contribution in [-0.4, -0.2) is 28.1 Å². The summed E-state index contributed by atoms with van der Waals surface area (Å²) in [5.74, 6) is 4.04. The van der Waals surface area contributed by atoms with Crippen LogP contribution in [0.5, 0.6) is 5.75 Å². The molecule has 2 aromatic rings. The summed E-state index contributed by atoms with van der Waals surface area (Å²) < 4.78 is 11.0. The second kappa shape index (κ2) is 5.99. The number of aryl methyl sites for hydroxylation is 1. The molecule has 0 amide bonds. The molecule has 5 nitrogen and oxygen atoms in total. The minimum absolute atomic E-state index is 0.177. The molecule has 0 unspecified atom stereocenters. The van der Waals surface area contributed by atoms with Crippen LogP contribution in [-0.2, 0) is 6.54 Å². The van der Waals surface area contributed by atoms with Crippen LogP contribution in [0.3, 0.4) is 0 Å². The largest absolute Gasteiger partial charge is 0.502 e. The molecule has 112 valence electrons. The van der Waals surface area contributed by atoms with Crippen molar-refractivity contribution in [2.45, 2.75) is 19.5 Å². The van der Waals surface area contributed by atoms with Gasteiger partial charge in [-0.15, -0.1) is 0 Å². The highest BCUT2D eigenvalue weighted by Gasteiger charge is 2.27. The molecule has 1 N–H and O–H groups in total. The second-order valence-electron chi connectivity index (χ2n) is 5.11. The van der Waals surface area contributed by atoms with Crippen LogP contribution in [0.15, 0.2) is 38.1 Å². The van der Waals surface area contributed by atoms with Gasteiger partial charge in [0.15, 0.2) is 5.75 Å². The predicted molar refractivity (Wildman–Crippen MR) is 80.6 cm³/mol. The van der Waals surface area contributed by atoms with Gasteiger partial charge in [0.2, 0.25) is 5.43 Å². The summed E-state index contributed by atoms with van der Waals surface area (Å²) in [6, 6.07) is 5.50. The van der Waals surface area contributed by atoms with Gasteiger partial charge in [0.05, 0.1) is 12.6 Å². The van der Waals surface area contributed by atoms with Crippen LogP contribution in [0.2, 0.25) is 0 Å². The molecule has 0 bridgehead atoms. The van der Waals surface area contributed by atoms with Gasteiger partial charge in [0.25, 0.3) is 0 Å². The van der Waals surface area contributed by atoms with Gasteiger partial charge in [-0.2, -0.15) is 11.8 Å². The SMILES string of the molecule is Cc1ccc([C@@H]2CSCCN2Cc2cc(=O)c(O)co2)o1. The van der Waals surface area contributed by atoms with E-state index in [4.69, 9.17) is 8.83 Å². The van der Waals surface area contributed by atoms with Crippen molar-refractivity contribution in [3.05, 3.63) is 52.0 Å². The molecule has 0 aromatic carbocycles. The van der Waals surface area contributed by atoms with Gasteiger partial charge in [-0.25, -0.2) is 0 Å². The summed E-state index contributed by atoms with van der Waals surface area (Å²) >= 11 is 1.89. The monoisotopic (exact) mass is 307 g/mol. The Morgan fingerprint density at radius 3 is 3.05 bits per heavy atom. The molecule has 1 saturated heterocycles.